The molecule has 3 atom stereocenters. The summed E-state index contributed by atoms with van der Waals surface area (Å²) in [6.07, 6.45) is 0. The maximum Gasteiger partial charge on any atom is 0 e. The van der Waals surface area contributed by atoms with Crippen LogP contribution in [0.25, 0.3) is 0 Å². The third kappa shape index (κ3) is 9.04. The van der Waals surface area contributed by atoms with Crippen LogP contribution in [0.2, 0.25) is 0 Å². The second-order valence-electron chi connectivity index (χ2n) is 0. The Bertz CT molecular complexity index is 3.25. The van der Waals surface area contributed by atoms with E-state index < -0.39 is 0 Å². The molecule has 0 aliphatic heterocycles. The smallest absolute Gasteiger partial charge is 0 e. The summed E-state index contributed by atoms with van der Waals surface area (Å²) in [5.74, 6) is 0. The predicted molar refractivity (Wildman–Crippen MR) is 33.3 cm³/mol. The molecule has 0 saturated carbocycles. The summed E-state index contributed by atoms with van der Waals surface area (Å²) in [7, 11) is 0. The Hall–Kier alpha value is 1.95. The Morgan fingerprint density at radius 3 is 0.500 bits per heavy atom. The van der Waals surface area contributed by atoms with Crippen molar-refractivity contribution in [1.29, 1.82) is 0 Å². The number of hydrogen-bond donors (Lipinski definition) is 0. The molecule has 0 fully saturated rings. The van der Waals surface area contributed by atoms with E-state index in [4.69, 9.17) is 0 Å². The van der Waals surface area contributed by atoms with Crippen LogP contribution in [0.3, 0.4) is 0 Å². The minimum atomic E-state index is 0. The molecule has 3 unspecified atom stereocenters. The zero-order valence-corrected chi connectivity index (χ0v) is 8.23. The topological polar surface area (TPSA) is 0 Å². The fourth-order valence-electron chi connectivity index (χ4n) is 0. The van der Waals surface area contributed by atoms with Gasteiger partial charge in [0.1, 0.15) is 0 Å². The molecule has 0 rings (SSSR count). The maximum absolute atomic E-state index is 0. The summed E-state index contributed by atoms with van der Waals surface area (Å²) in [6.45, 7) is 0. The molecular formula is H9P3Pd. The van der Waals surface area contributed by atoms with Crippen molar-refractivity contribution in [2.24, 2.45) is 0 Å². The standard InChI is InChI=1S/3H3P.Pd/h3*1H3;. The largest absolute Gasteiger partial charge is 0.153 e. The molecule has 0 N–H and O–H groups in total. The van der Waals surface area contributed by atoms with E-state index in [1.807, 2.05) is 0 Å². The fraction of sp³-hybridized carbons (Fsp3) is 0. The van der Waals surface area contributed by atoms with Crippen LogP contribution in [-0.4, -0.2) is 0 Å². The second-order valence-corrected chi connectivity index (χ2v) is 0. The van der Waals surface area contributed by atoms with Crippen molar-refractivity contribution in [3.8, 4) is 0 Å². The Morgan fingerprint density at radius 1 is 0.500 bits per heavy atom. The summed E-state index contributed by atoms with van der Waals surface area (Å²) in [5, 5.41) is 0. The van der Waals surface area contributed by atoms with Crippen LogP contribution in [0.5, 0.6) is 0 Å². The summed E-state index contributed by atoms with van der Waals surface area (Å²) in [6, 6.07) is 0. The van der Waals surface area contributed by atoms with Gasteiger partial charge in [0.2, 0.25) is 0 Å². The maximum atomic E-state index is 0. The molecule has 0 nitrogen and oxygen atoms in total. The summed E-state index contributed by atoms with van der Waals surface area (Å²) < 4.78 is 0. The normalized spacial score (nSPS) is 0. The molecule has 0 aliphatic carbocycles. The predicted octanol–water partition coefficient (Wildman–Crippen LogP) is 0.172. The van der Waals surface area contributed by atoms with Gasteiger partial charge in [-0.15, -0.1) is 0 Å². The molecule has 0 aromatic heterocycles. The molecule has 0 aromatic carbocycles. The molecule has 34 valence electrons. The molecule has 0 aromatic rings. The van der Waals surface area contributed by atoms with Gasteiger partial charge in [-0.3, -0.25) is 0 Å². The first-order valence-electron chi connectivity index (χ1n) is 0. The fourth-order valence-corrected chi connectivity index (χ4v) is 0. The quantitative estimate of drug-likeness (QED) is 0.393. The summed E-state index contributed by atoms with van der Waals surface area (Å²) in [4.78, 5) is 0. The Labute approximate surface area is 50.4 Å². The Balaban J connectivity index is 0. The van der Waals surface area contributed by atoms with Gasteiger partial charge in [0.15, 0.2) is 0 Å². The second kappa shape index (κ2) is 20.3. The van der Waals surface area contributed by atoms with E-state index in [9.17, 15) is 0 Å². The van der Waals surface area contributed by atoms with Crippen LogP contribution in [0.15, 0.2) is 0 Å². The van der Waals surface area contributed by atoms with Crippen molar-refractivity contribution in [3.63, 3.8) is 0 Å². The van der Waals surface area contributed by atoms with E-state index in [1.165, 1.54) is 0 Å². The van der Waals surface area contributed by atoms with E-state index in [0.29, 0.717) is 0 Å². The zero-order valence-electron chi connectivity index (χ0n) is 2.44. The Kier molecular flexibility index (Phi) is 194. The first kappa shape index (κ1) is 38.3. The van der Waals surface area contributed by atoms with Gasteiger partial charge in [-0.05, 0) is 0 Å². The van der Waals surface area contributed by atoms with Crippen LogP contribution in [0, 0.1) is 0 Å². The van der Waals surface area contributed by atoms with Gasteiger partial charge in [0.25, 0.3) is 0 Å². The molecular weight excluding hydrogens is 199 g/mol. The average molecular weight is 208 g/mol. The van der Waals surface area contributed by atoms with Crippen LogP contribution in [0.4, 0.5) is 0 Å². The van der Waals surface area contributed by atoms with Crippen LogP contribution < -0.4 is 0 Å². The van der Waals surface area contributed by atoms with Gasteiger partial charge < -0.3 is 0 Å². The van der Waals surface area contributed by atoms with Gasteiger partial charge >= 0.3 is 0 Å². The summed E-state index contributed by atoms with van der Waals surface area (Å²) >= 11 is 0. The monoisotopic (exact) mass is 208 g/mol. The minimum absolute atomic E-state index is 0. The molecule has 4 heteroatoms. The van der Waals surface area contributed by atoms with Crippen molar-refractivity contribution in [3.05, 3.63) is 0 Å². The van der Waals surface area contributed by atoms with Crippen molar-refractivity contribution in [2.75, 3.05) is 0 Å². The molecule has 0 saturated heterocycles. The molecule has 0 aliphatic rings. The Morgan fingerprint density at radius 2 is 0.500 bits per heavy atom. The molecule has 0 amide bonds. The van der Waals surface area contributed by atoms with Gasteiger partial charge in [0, 0.05) is 20.4 Å². The minimum Gasteiger partial charge on any atom is -0.153 e. The van der Waals surface area contributed by atoms with Gasteiger partial charge in [-0.25, -0.2) is 0 Å². The van der Waals surface area contributed by atoms with Crippen molar-refractivity contribution < 1.29 is 20.4 Å². The molecule has 0 bridgehead atoms. The van der Waals surface area contributed by atoms with Gasteiger partial charge in [-0.1, -0.05) is 0 Å². The van der Waals surface area contributed by atoms with E-state index in [-0.39, 0.29) is 50.1 Å². The van der Waals surface area contributed by atoms with Gasteiger partial charge in [-0.2, -0.15) is 29.7 Å². The molecule has 0 spiro atoms. The third-order valence-electron chi connectivity index (χ3n) is 0. The van der Waals surface area contributed by atoms with Crippen molar-refractivity contribution in [1.82, 2.24) is 0 Å². The first-order chi connectivity index (χ1) is 0. The average Bonchev–Trinajstić information content (AvgIpc) is 0. The molecule has 0 heterocycles. The molecule has 4 heavy (non-hydrogen) atoms. The first-order valence-corrected chi connectivity index (χ1v) is 0. The van der Waals surface area contributed by atoms with Crippen molar-refractivity contribution in [2.45, 2.75) is 0 Å². The van der Waals surface area contributed by atoms with Crippen LogP contribution >= 0.6 is 29.7 Å². The van der Waals surface area contributed by atoms with E-state index >= 15 is 0 Å². The van der Waals surface area contributed by atoms with Crippen LogP contribution in [0.1, 0.15) is 0 Å². The SMILES string of the molecule is P.P.P.[Pd]. The number of hydrogen-bond acceptors (Lipinski definition) is 0. The number of rotatable bonds is 0. The third-order valence-corrected chi connectivity index (χ3v) is 0. The van der Waals surface area contributed by atoms with E-state index in [1.54, 1.807) is 0 Å². The summed E-state index contributed by atoms with van der Waals surface area (Å²) in [5.41, 5.74) is 0. The van der Waals surface area contributed by atoms with E-state index in [0.717, 1.165) is 0 Å². The zero-order chi connectivity index (χ0) is 0. The molecule has 0 radical (unpaired) electrons. The van der Waals surface area contributed by atoms with E-state index in [2.05, 4.69) is 0 Å². The van der Waals surface area contributed by atoms with Crippen LogP contribution in [-0.2, 0) is 20.4 Å². The van der Waals surface area contributed by atoms with Gasteiger partial charge in [0.05, 0.1) is 0 Å². The van der Waals surface area contributed by atoms with Crippen molar-refractivity contribution >= 4 is 29.7 Å².